The van der Waals surface area contributed by atoms with Crippen LogP contribution in [-0.4, -0.2) is 22.1 Å². The number of hydrogen-bond acceptors (Lipinski definition) is 5. The summed E-state index contributed by atoms with van der Waals surface area (Å²) >= 11 is 1.89. The molecule has 0 amide bonds. The summed E-state index contributed by atoms with van der Waals surface area (Å²) in [5.41, 5.74) is 3.54. The van der Waals surface area contributed by atoms with Crippen LogP contribution in [0.4, 0.5) is 0 Å². The zero-order chi connectivity index (χ0) is 14.1. The summed E-state index contributed by atoms with van der Waals surface area (Å²) in [5, 5.41) is 5.26. The van der Waals surface area contributed by atoms with Crippen molar-refractivity contribution in [1.82, 2.24) is 15.0 Å². The smallest absolute Gasteiger partial charge is 0.138 e. The molecular formula is C15H21N3OS. The minimum Gasteiger partial charge on any atom is -0.361 e. The lowest BCUT2D eigenvalue weighted by Gasteiger charge is -2.14. The Morgan fingerprint density at radius 1 is 1.20 bits per heavy atom. The lowest BCUT2D eigenvalue weighted by Crippen LogP contribution is -2.18. The highest BCUT2D eigenvalue weighted by Gasteiger charge is 2.17. The molecule has 1 aliphatic carbocycles. The van der Waals surface area contributed by atoms with E-state index in [2.05, 4.69) is 17.1 Å². The maximum Gasteiger partial charge on any atom is 0.138 e. The maximum absolute atomic E-state index is 5.22. The van der Waals surface area contributed by atoms with Crippen molar-refractivity contribution in [3.05, 3.63) is 32.6 Å². The molecule has 0 aliphatic heterocycles. The molecule has 2 aromatic rings. The first-order valence-corrected chi connectivity index (χ1v) is 8.03. The van der Waals surface area contributed by atoms with Crippen molar-refractivity contribution in [3.8, 4) is 0 Å². The first-order chi connectivity index (χ1) is 9.63. The fraction of sp³-hybridized carbons (Fsp3) is 0.600. The SMILES string of the molecule is Cc1noc(C)c1CN(C)Cc1nc2c(s1)CCCC2. The van der Waals surface area contributed by atoms with Gasteiger partial charge < -0.3 is 4.52 Å². The van der Waals surface area contributed by atoms with Crippen molar-refractivity contribution < 1.29 is 4.52 Å². The first kappa shape index (κ1) is 13.8. The second kappa shape index (κ2) is 5.66. The van der Waals surface area contributed by atoms with Gasteiger partial charge >= 0.3 is 0 Å². The molecule has 0 N–H and O–H groups in total. The third-order valence-corrected chi connectivity index (χ3v) is 5.05. The van der Waals surface area contributed by atoms with E-state index in [1.807, 2.05) is 25.2 Å². The maximum atomic E-state index is 5.22. The highest BCUT2D eigenvalue weighted by molar-refractivity contribution is 7.11. The normalized spacial score (nSPS) is 14.8. The highest BCUT2D eigenvalue weighted by Crippen LogP contribution is 2.27. The topological polar surface area (TPSA) is 42.2 Å². The van der Waals surface area contributed by atoms with Crippen LogP contribution in [0.3, 0.4) is 0 Å². The van der Waals surface area contributed by atoms with E-state index in [0.717, 1.165) is 24.5 Å². The van der Waals surface area contributed by atoms with Crippen molar-refractivity contribution in [2.24, 2.45) is 0 Å². The van der Waals surface area contributed by atoms with Gasteiger partial charge in [-0.2, -0.15) is 0 Å². The molecule has 0 fully saturated rings. The molecule has 108 valence electrons. The molecule has 5 heteroatoms. The Kier molecular flexibility index (Phi) is 3.89. The average Bonchev–Trinajstić information content (AvgIpc) is 2.96. The van der Waals surface area contributed by atoms with E-state index in [1.165, 1.54) is 46.8 Å². The van der Waals surface area contributed by atoms with Gasteiger partial charge in [0.15, 0.2) is 0 Å². The Balaban J connectivity index is 1.67. The fourth-order valence-electron chi connectivity index (χ4n) is 2.76. The van der Waals surface area contributed by atoms with Gasteiger partial charge in [-0.25, -0.2) is 4.98 Å². The Morgan fingerprint density at radius 2 is 2.00 bits per heavy atom. The Morgan fingerprint density at radius 3 is 2.70 bits per heavy atom. The third-order valence-electron chi connectivity index (χ3n) is 3.90. The van der Waals surface area contributed by atoms with Crippen LogP contribution in [-0.2, 0) is 25.9 Å². The summed E-state index contributed by atoms with van der Waals surface area (Å²) in [6.07, 6.45) is 5.01. The molecule has 4 nitrogen and oxygen atoms in total. The van der Waals surface area contributed by atoms with Gasteiger partial charge in [-0.3, -0.25) is 4.90 Å². The lowest BCUT2D eigenvalue weighted by atomic mass is 10.0. The van der Waals surface area contributed by atoms with Crippen LogP contribution in [0.5, 0.6) is 0 Å². The summed E-state index contributed by atoms with van der Waals surface area (Å²) in [6.45, 7) is 5.75. The van der Waals surface area contributed by atoms with Crippen LogP contribution in [0.2, 0.25) is 0 Å². The van der Waals surface area contributed by atoms with Gasteiger partial charge in [0.25, 0.3) is 0 Å². The number of thiazole rings is 1. The molecule has 3 rings (SSSR count). The molecule has 0 unspecified atom stereocenters. The van der Waals surface area contributed by atoms with Crippen LogP contribution in [0.15, 0.2) is 4.52 Å². The van der Waals surface area contributed by atoms with Crippen LogP contribution < -0.4 is 0 Å². The monoisotopic (exact) mass is 291 g/mol. The quantitative estimate of drug-likeness (QED) is 0.867. The number of nitrogens with zero attached hydrogens (tertiary/aromatic N) is 3. The second-order valence-corrected chi connectivity index (χ2v) is 6.83. The van der Waals surface area contributed by atoms with E-state index in [0.29, 0.717) is 0 Å². The van der Waals surface area contributed by atoms with Gasteiger partial charge in [-0.05, 0) is 46.6 Å². The molecule has 1 aliphatic rings. The Bertz CT molecular complexity index is 559. The molecule has 0 radical (unpaired) electrons. The van der Waals surface area contributed by atoms with Crippen LogP contribution >= 0.6 is 11.3 Å². The first-order valence-electron chi connectivity index (χ1n) is 7.21. The summed E-state index contributed by atoms with van der Waals surface area (Å²) < 4.78 is 5.22. The van der Waals surface area contributed by atoms with Crippen LogP contribution in [0.1, 0.15) is 45.4 Å². The van der Waals surface area contributed by atoms with Crippen molar-refractivity contribution >= 4 is 11.3 Å². The number of rotatable bonds is 4. The fourth-order valence-corrected chi connectivity index (χ4v) is 3.99. The minimum absolute atomic E-state index is 0.866. The molecule has 0 atom stereocenters. The average molecular weight is 291 g/mol. The van der Waals surface area contributed by atoms with E-state index in [-0.39, 0.29) is 0 Å². The van der Waals surface area contributed by atoms with Gasteiger partial charge in [0.2, 0.25) is 0 Å². The molecular weight excluding hydrogens is 270 g/mol. The third kappa shape index (κ3) is 2.79. The Hall–Kier alpha value is -1.20. The van der Waals surface area contributed by atoms with Crippen LogP contribution in [0, 0.1) is 13.8 Å². The molecule has 0 spiro atoms. The molecule has 2 aromatic heterocycles. The van der Waals surface area contributed by atoms with E-state index in [9.17, 15) is 0 Å². The largest absolute Gasteiger partial charge is 0.361 e. The summed E-state index contributed by atoms with van der Waals surface area (Å²) in [6, 6.07) is 0. The standard InChI is InChI=1S/C15H21N3OS/c1-10-12(11(2)19-17-10)8-18(3)9-15-16-13-6-4-5-7-14(13)20-15/h4-9H2,1-3H3. The number of hydrogen-bond donors (Lipinski definition) is 0. The van der Waals surface area contributed by atoms with E-state index >= 15 is 0 Å². The highest BCUT2D eigenvalue weighted by atomic mass is 32.1. The lowest BCUT2D eigenvalue weighted by molar-refractivity contribution is 0.314. The predicted molar refractivity (Wildman–Crippen MR) is 79.9 cm³/mol. The zero-order valence-corrected chi connectivity index (χ0v) is 13.2. The van der Waals surface area contributed by atoms with Crippen molar-refractivity contribution in [1.29, 1.82) is 0 Å². The molecule has 0 bridgehead atoms. The minimum atomic E-state index is 0.866. The Labute approximate surface area is 123 Å². The number of aryl methyl sites for hydroxylation is 4. The van der Waals surface area contributed by atoms with Gasteiger partial charge in [0.1, 0.15) is 10.8 Å². The van der Waals surface area contributed by atoms with Crippen molar-refractivity contribution in [3.63, 3.8) is 0 Å². The zero-order valence-electron chi connectivity index (χ0n) is 12.4. The molecule has 0 saturated heterocycles. The van der Waals surface area contributed by atoms with Crippen molar-refractivity contribution in [2.45, 2.75) is 52.6 Å². The van der Waals surface area contributed by atoms with Crippen LogP contribution in [0.25, 0.3) is 0 Å². The van der Waals surface area contributed by atoms with E-state index in [4.69, 9.17) is 9.51 Å². The number of aromatic nitrogens is 2. The summed E-state index contributed by atoms with van der Waals surface area (Å²) in [7, 11) is 2.13. The molecule has 0 saturated carbocycles. The van der Waals surface area contributed by atoms with E-state index < -0.39 is 0 Å². The van der Waals surface area contributed by atoms with Crippen molar-refractivity contribution in [2.75, 3.05) is 7.05 Å². The van der Waals surface area contributed by atoms with Gasteiger partial charge in [0, 0.05) is 17.0 Å². The summed E-state index contributed by atoms with van der Waals surface area (Å²) in [4.78, 5) is 8.60. The summed E-state index contributed by atoms with van der Waals surface area (Å²) in [5.74, 6) is 0.924. The van der Waals surface area contributed by atoms with E-state index in [1.54, 1.807) is 0 Å². The molecule has 2 heterocycles. The number of fused-ring (bicyclic) bond motifs is 1. The van der Waals surface area contributed by atoms with Gasteiger partial charge in [0.05, 0.1) is 17.9 Å². The van der Waals surface area contributed by atoms with Gasteiger partial charge in [-0.15, -0.1) is 11.3 Å². The van der Waals surface area contributed by atoms with Gasteiger partial charge in [-0.1, -0.05) is 5.16 Å². The molecule has 20 heavy (non-hydrogen) atoms. The second-order valence-electron chi connectivity index (χ2n) is 5.66. The molecule has 0 aromatic carbocycles. The predicted octanol–water partition coefficient (Wildman–Crippen LogP) is 3.26.